The SMILES string of the molecule is CN(C)C(=O)C(CN)C1CCCCC1. The van der Waals surface area contributed by atoms with Crippen LogP contribution in [0.5, 0.6) is 0 Å². The van der Waals surface area contributed by atoms with Gasteiger partial charge in [-0.15, -0.1) is 0 Å². The van der Waals surface area contributed by atoms with Crippen LogP contribution in [0.2, 0.25) is 0 Å². The van der Waals surface area contributed by atoms with Crippen molar-refractivity contribution < 1.29 is 4.79 Å². The van der Waals surface area contributed by atoms with E-state index in [0.29, 0.717) is 12.5 Å². The molecule has 1 amide bonds. The van der Waals surface area contributed by atoms with E-state index in [9.17, 15) is 4.79 Å². The van der Waals surface area contributed by atoms with Gasteiger partial charge >= 0.3 is 0 Å². The van der Waals surface area contributed by atoms with E-state index in [0.717, 1.165) is 0 Å². The molecule has 0 bridgehead atoms. The van der Waals surface area contributed by atoms with Gasteiger partial charge in [0.15, 0.2) is 0 Å². The average molecular weight is 198 g/mol. The molecule has 1 aliphatic rings. The Morgan fingerprint density at radius 1 is 1.36 bits per heavy atom. The highest BCUT2D eigenvalue weighted by atomic mass is 16.2. The molecule has 1 unspecified atom stereocenters. The molecule has 0 radical (unpaired) electrons. The first-order valence-electron chi connectivity index (χ1n) is 5.58. The van der Waals surface area contributed by atoms with Crippen molar-refractivity contribution in [3.05, 3.63) is 0 Å². The summed E-state index contributed by atoms with van der Waals surface area (Å²) in [6.07, 6.45) is 6.22. The molecule has 82 valence electrons. The van der Waals surface area contributed by atoms with E-state index in [1.807, 2.05) is 14.1 Å². The van der Waals surface area contributed by atoms with Crippen molar-refractivity contribution in [3.63, 3.8) is 0 Å². The Morgan fingerprint density at radius 2 is 1.93 bits per heavy atom. The molecular formula is C11H22N2O. The van der Waals surface area contributed by atoms with Crippen molar-refractivity contribution in [2.75, 3.05) is 20.6 Å². The first kappa shape index (κ1) is 11.5. The highest BCUT2D eigenvalue weighted by Gasteiger charge is 2.29. The maximum atomic E-state index is 11.8. The Balaban J connectivity index is 2.55. The second-order valence-corrected chi connectivity index (χ2v) is 4.47. The first-order chi connectivity index (χ1) is 6.66. The third kappa shape index (κ3) is 2.71. The number of hydrogen-bond donors (Lipinski definition) is 1. The van der Waals surface area contributed by atoms with Gasteiger partial charge in [0.05, 0.1) is 5.92 Å². The van der Waals surface area contributed by atoms with Gasteiger partial charge < -0.3 is 10.6 Å². The van der Waals surface area contributed by atoms with Crippen LogP contribution in [0.25, 0.3) is 0 Å². The van der Waals surface area contributed by atoms with Crippen molar-refractivity contribution in [2.24, 2.45) is 17.6 Å². The fourth-order valence-electron chi connectivity index (χ4n) is 2.36. The highest BCUT2D eigenvalue weighted by molar-refractivity contribution is 5.78. The summed E-state index contributed by atoms with van der Waals surface area (Å²) in [5.74, 6) is 0.799. The highest BCUT2D eigenvalue weighted by Crippen LogP contribution is 2.30. The molecule has 1 atom stereocenters. The van der Waals surface area contributed by atoms with Gasteiger partial charge in [-0.3, -0.25) is 4.79 Å². The lowest BCUT2D eigenvalue weighted by molar-refractivity contribution is -0.134. The molecule has 1 saturated carbocycles. The Bertz CT molecular complexity index is 186. The summed E-state index contributed by atoms with van der Waals surface area (Å²) in [4.78, 5) is 13.5. The van der Waals surface area contributed by atoms with Gasteiger partial charge in [0.1, 0.15) is 0 Å². The summed E-state index contributed by atoms with van der Waals surface area (Å²) in [5, 5.41) is 0. The van der Waals surface area contributed by atoms with Crippen LogP contribution in [-0.4, -0.2) is 31.4 Å². The molecule has 14 heavy (non-hydrogen) atoms. The summed E-state index contributed by atoms with van der Waals surface area (Å²) >= 11 is 0. The summed E-state index contributed by atoms with van der Waals surface area (Å²) < 4.78 is 0. The minimum absolute atomic E-state index is 0.0605. The van der Waals surface area contributed by atoms with Crippen LogP contribution in [0.4, 0.5) is 0 Å². The van der Waals surface area contributed by atoms with Gasteiger partial charge in [0.2, 0.25) is 5.91 Å². The molecule has 0 aliphatic heterocycles. The van der Waals surface area contributed by atoms with Gasteiger partial charge in [0.25, 0.3) is 0 Å². The molecular weight excluding hydrogens is 176 g/mol. The molecule has 0 heterocycles. The lowest BCUT2D eigenvalue weighted by Gasteiger charge is -2.30. The van der Waals surface area contributed by atoms with Crippen molar-refractivity contribution in [1.82, 2.24) is 4.90 Å². The van der Waals surface area contributed by atoms with Crippen molar-refractivity contribution in [1.29, 1.82) is 0 Å². The third-order valence-electron chi connectivity index (χ3n) is 3.23. The quantitative estimate of drug-likeness (QED) is 0.741. The molecule has 3 nitrogen and oxygen atoms in total. The predicted molar refractivity (Wildman–Crippen MR) is 57.8 cm³/mol. The van der Waals surface area contributed by atoms with E-state index in [2.05, 4.69) is 0 Å². The molecule has 1 aliphatic carbocycles. The van der Waals surface area contributed by atoms with Crippen LogP contribution in [-0.2, 0) is 4.79 Å². The minimum atomic E-state index is 0.0605. The molecule has 0 spiro atoms. The lowest BCUT2D eigenvalue weighted by atomic mass is 9.79. The van der Waals surface area contributed by atoms with Crippen LogP contribution in [0.1, 0.15) is 32.1 Å². The standard InChI is InChI=1S/C11H22N2O/c1-13(2)11(14)10(8-12)9-6-4-3-5-7-9/h9-10H,3-8,12H2,1-2H3. The largest absolute Gasteiger partial charge is 0.349 e. The molecule has 2 N–H and O–H groups in total. The number of nitrogens with two attached hydrogens (primary N) is 1. The normalized spacial score (nSPS) is 20.5. The molecule has 0 aromatic carbocycles. The Hall–Kier alpha value is -0.570. The van der Waals surface area contributed by atoms with Crippen LogP contribution in [0.15, 0.2) is 0 Å². The molecule has 1 rings (SSSR count). The Kier molecular flexibility index (Phi) is 4.39. The summed E-state index contributed by atoms with van der Waals surface area (Å²) in [7, 11) is 3.63. The number of hydrogen-bond acceptors (Lipinski definition) is 2. The zero-order valence-corrected chi connectivity index (χ0v) is 9.33. The van der Waals surface area contributed by atoms with E-state index in [-0.39, 0.29) is 11.8 Å². The zero-order valence-electron chi connectivity index (χ0n) is 9.33. The fraction of sp³-hybridized carbons (Fsp3) is 0.909. The molecule has 0 aromatic heterocycles. The van der Waals surface area contributed by atoms with E-state index < -0.39 is 0 Å². The van der Waals surface area contributed by atoms with Gasteiger partial charge in [-0.25, -0.2) is 0 Å². The zero-order chi connectivity index (χ0) is 10.6. The second-order valence-electron chi connectivity index (χ2n) is 4.47. The van der Waals surface area contributed by atoms with E-state index in [4.69, 9.17) is 5.73 Å². The topological polar surface area (TPSA) is 46.3 Å². The monoisotopic (exact) mass is 198 g/mol. The maximum Gasteiger partial charge on any atom is 0.226 e. The summed E-state index contributed by atoms with van der Waals surface area (Å²) in [6.45, 7) is 0.502. The maximum absolute atomic E-state index is 11.8. The van der Waals surface area contributed by atoms with E-state index in [1.54, 1.807) is 4.90 Å². The number of rotatable bonds is 3. The lowest BCUT2D eigenvalue weighted by Crippen LogP contribution is -2.39. The van der Waals surface area contributed by atoms with Crippen molar-refractivity contribution >= 4 is 5.91 Å². The Morgan fingerprint density at radius 3 is 2.36 bits per heavy atom. The van der Waals surface area contributed by atoms with Gasteiger partial charge in [-0.1, -0.05) is 19.3 Å². The number of nitrogens with zero attached hydrogens (tertiary/aromatic N) is 1. The smallest absolute Gasteiger partial charge is 0.226 e. The van der Waals surface area contributed by atoms with Crippen LogP contribution in [0.3, 0.4) is 0 Å². The minimum Gasteiger partial charge on any atom is -0.349 e. The molecule has 1 fully saturated rings. The second kappa shape index (κ2) is 5.35. The van der Waals surface area contributed by atoms with Crippen molar-refractivity contribution in [2.45, 2.75) is 32.1 Å². The van der Waals surface area contributed by atoms with Crippen molar-refractivity contribution in [3.8, 4) is 0 Å². The molecule has 0 aromatic rings. The van der Waals surface area contributed by atoms with Gasteiger partial charge in [-0.05, 0) is 18.8 Å². The van der Waals surface area contributed by atoms with Gasteiger partial charge in [-0.2, -0.15) is 0 Å². The average Bonchev–Trinajstić information content (AvgIpc) is 2.20. The number of carbonyl (C=O) groups excluding carboxylic acids is 1. The third-order valence-corrected chi connectivity index (χ3v) is 3.23. The fourth-order valence-corrected chi connectivity index (χ4v) is 2.36. The summed E-state index contributed by atoms with van der Waals surface area (Å²) in [5.41, 5.74) is 5.69. The number of amides is 1. The first-order valence-corrected chi connectivity index (χ1v) is 5.58. The predicted octanol–water partition coefficient (Wildman–Crippen LogP) is 1.23. The van der Waals surface area contributed by atoms with E-state index >= 15 is 0 Å². The molecule has 3 heteroatoms. The van der Waals surface area contributed by atoms with Crippen LogP contribution >= 0.6 is 0 Å². The Labute approximate surface area is 86.6 Å². The van der Waals surface area contributed by atoms with E-state index in [1.165, 1.54) is 32.1 Å². The van der Waals surface area contributed by atoms with Gasteiger partial charge in [0, 0.05) is 20.6 Å². The summed E-state index contributed by atoms with van der Waals surface area (Å²) in [6, 6.07) is 0. The number of carbonyl (C=O) groups is 1. The molecule has 0 saturated heterocycles. The van der Waals surface area contributed by atoms with Crippen LogP contribution in [0, 0.1) is 11.8 Å². The van der Waals surface area contributed by atoms with Crippen LogP contribution < -0.4 is 5.73 Å².